The second-order valence-electron chi connectivity index (χ2n) is 4.29. The van der Waals surface area contributed by atoms with Gasteiger partial charge < -0.3 is 0 Å². The maximum Gasteiger partial charge on any atom is 0.128 e. The van der Waals surface area contributed by atoms with Crippen molar-refractivity contribution in [2.45, 2.75) is 31.7 Å². The van der Waals surface area contributed by atoms with Crippen molar-refractivity contribution in [2.24, 2.45) is 5.84 Å². The van der Waals surface area contributed by atoms with Crippen molar-refractivity contribution in [3.8, 4) is 0 Å². The van der Waals surface area contributed by atoms with E-state index in [1.54, 1.807) is 12.1 Å². The number of hydrazine groups is 1. The van der Waals surface area contributed by atoms with E-state index in [2.05, 4.69) is 11.5 Å². The molecule has 0 radical (unpaired) electrons. The summed E-state index contributed by atoms with van der Waals surface area (Å²) in [6.45, 7) is 0. The highest BCUT2D eigenvalue weighted by atomic mass is 35.5. The fraction of sp³-hybridized carbons (Fsp3) is 0.385. The van der Waals surface area contributed by atoms with Crippen LogP contribution in [0.2, 0.25) is 5.02 Å². The number of hydrogen-bond acceptors (Lipinski definition) is 2. The average molecular weight is 255 g/mol. The summed E-state index contributed by atoms with van der Waals surface area (Å²) in [7, 11) is 0. The molecule has 2 rings (SSSR count). The third kappa shape index (κ3) is 2.86. The van der Waals surface area contributed by atoms with Gasteiger partial charge in [-0.05, 0) is 43.9 Å². The minimum atomic E-state index is -0.274. The van der Waals surface area contributed by atoms with Gasteiger partial charge in [-0.25, -0.2) is 9.82 Å². The number of allylic oxidation sites excluding steroid dienone is 1. The van der Waals surface area contributed by atoms with E-state index in [0.717, 1.165) is 24.8 Å². The molecular weight excluding hydrogens is 239 g/mol. The van der Waals surface area contributed by atoms with E-state index in [0.29, 0.717) is 10.6 Å². The zero-order chi connectivity index (χ0) is 12.3. The van der Waals surface area contributed by atoms with Crippen molar-refractivity contribution in [1.29, 1.82) is 0 Å². The predicted octanol–water partition coefficient (Wildman–Crippen LogP) is 3.48. The average Bonchev–Trinajstić information content (AvgIpc) is 2.36. The second-order valence-corrected chi connectivity index (χ2v) is 4.73. The summed E-state index contributed by atoms with van der Waals surface area (Å²) < 4.78 is 13.8. The Morgan fingerprint density at radius 3 is 2.82 bits per heavy atom. The lowest BCUT2D eigenvalue weighted by molar-refractivity contribution is 0.528. The second kappa shape index (κ2) is 5.63. The van der Waals surface area contributed by atoms with E-state index in [4.69, 9.17) is 17.4 Å². The number of halogens is 2. The summed E-state index contributed by atoms with van der Waals surface area (Å²) in [5.74, 6) is 5.28. The largest absolute Gasteiger partial charge is 0.271 e. The molecule has 0 spiro atoms. The molecule has 0 saturated carbocycles. The van der Waals surface area contributed by atoms with Crippen LogP contribution in [0.5, 0.6) is 0 Å². The third-order valence-electron chi connectivity index (χ3n) is 3.13. The molecule has 0 bridgehead atoms. The van der Waals surface area contributed by atoms with Crippen LogP contribution in [0.15, 0.2) is 29.8 Å². The first-order valence-corrected chi connectivity index (χ1v) is 6.20. The van der Waals surface area contributed by atoms with E-state index in [9.17, 15) is 4.39 Å². The minimum absolute atomic E-state index is 0.269. The maximum atomic E-state index is 13.8. The lowest BCUT2D eigenvalue weighted by atomic mass is 9.90. The molecule has 0 aromatic heterocycles. The molecule has 0 aliphatic heterocycles. The molecule has 1 atom stereocenters. The smallest absolute Gasteiger partial charge is 0.128 e. The molecule has 2 nitrogen and oxygen atoms in total. The minimum Gasteiger partial charge on any atom is -0.271 e. The highest BCUT2D eigenvalue weighted by Crippen LogP contribution is 2.31. The van der Waals surface area contributed by atoms with Gasteiger partial charge in [-0.3, -0.25) is 5.84 Å². The van der Waals surface area contributed by atoms with E-state index < -0.39 is 0 Å². The Balaban J connectivity index is 2.34. The Bertz CT molecular complexity index is 431. The molecule has 1 aliphatic carbocycles. The number of rotatable bonds is 3. The van der Waals surface area contributed by atoms with Gasteiger partial charge in [0.1, 0.15) is 5.82 Å². The van der Waals surface area contributed by atoms with Crippen LogP contribution in [0, 0.1) is 5.82 Å². The highest BCUT2D eigenvalue weighted by molar-refractivity contribution is 6.30. The van der Waals surface area contributed by atoms with Gasteiger partial charge in [-0.2, -0.15) is 0 Å². The molecule has 4 heteroatoms. The van der Waals surface area contributed by atoms with Crippen molar-refractivity contribution < 1.29 is 4.39 Å². The summed E-state index contributed by atoms with van der Waals surface area (Å²) in [6.07, 6.45) is 6.47. The molecule has 92 valence electrons. The Morgan fingerprint density at radius 1 is 1.35 bits per heavy atom. The summed E-state index contributed by atoms with van der Waals surface area (Å²) >= 11 is 5.90. The lowest BCUT2D eigenvalue weighted by Gasteiger charge is -2.23. The maximum absolute atomic E-state index is 13.8. The molecule has 1 aromatic carbocycles. The molecular formula is C13H16ClFN2. The number of benzene rings is 1. The van der Waals surface area contributed by atoms with Crippen LogP contribution in [0.25, 0.3) is 0 Å². The SMILES string of the molecule is NNC(C1=CCCCC1)c1cc(Cl)ccc1F. The van der Waals surface area contributed by atoms with Gasteiger partial charge in [-0.1, -0.05) is 23.3 Å². The first-order valence-electron chi connectivity index (χ1n) is 5.82. The molecule has 0 amide bonds. The van der Waals surface area contributed by atoms with E-state index in [1.807, 2.05) is 0 Å². The van der Waals surface area contributed by atoms with E-state index >= 15 is 0 Å². The van der Waals surface area contributed by atoms with Crippen LogP contribution in [0.4, 0.5) is 4.39 Å². The van der Waals surface area contributed by atoms with Crippen LogP contribution in [0.1, 0.15) is 37.3 Å². The zero-order valence-electron chi connectivity index (χ0n) is 9.55. The Kier molecular flexibility index (Phi) is 4.15. The monoisotopic (exact) mass is 254 g/mol. The quantitative estimate of drug-likeness (QED) is 0.492. The van der Waals surface area contributed by atoms with Crippen LogP contribution < -0.4 is 11.3 Å². The fourth-order valence-corrected chi connectivity index (χ4v) is 2.44. The molecule has 3 N–H and O–H groups in total. The third-order valence-corrected chi connectivity index (χ3v) is 3.37. The van der Waals surface area contributed by atoms with Crippen LogP contribution >= 0.6 is 11.6 Å². The first kappa shape index (κ1) is 12.6. The summed E-state index contributed by atoms with van der Waals surface area (Å²) in [6, 6.07) is 4.29. The van der Waals surface area contributed by atoms with Gasteiger partial charge in [0, 0.05) is 10.6 Å². The highest BCUT2D eigenvalue weighted by Gasteiger charge is 2.20. The summed E-state index contributed by atoms with van der Waals surface area (Å²) in [4.78, 5) is 0. The van der Waals surface area contributed by atoms with Crippen LogP contribution in [0.3, 0.4) is 0 Å². The van der Waals surface area contributed by atoms with Crippen molar-refractivity contribution in [3.63, 3.8) is 0 Å². The Labute approximate surface area is 106 Å². The van der Waals surface area contributed by atoms with Gasteiger partial charge in [0.05, 0.1) is 6.04 Å². The van der Waals surface area contributed by atoms with Crippen molar-refractivity contribution in [2.75, 3.05) is 0 Å². The van der Waals surface area contributed by atoms with Crippen LogP contribution in [-0.4, -0.2) is 0 Å². The molecule has 0 saturated heterocycles. The number of nitrogens with two attached hydrogens (primary N) is 1. The molecule has 1 unspecified atom stereocenters. The van der Waals surface area contributed by atoms with Gasteiger partial charge >= 0.3 is 0 Å². The Morgan fingerprint density at radius 2 is 2.18 bits per heavy atom. The fourth-order valence-electron chi connectivity index (χ4n) is 2.26. The predicted molar refractivity (Wildman–Crippen MR) is 68.0 cm³/mol. The van der Waals surface area contributed by atoms with E-state index in [1.165, 1.54) is 12.5 Å². The number of nitrogens with one attached hydrogen (secondary N) is 1. The molecule has 0 heterocycles. The zero-order valence-corrected chi connectivity index (χ0v) is 10.3. The van der Waals surface area contributed by atoms with Gasteiger partial charge in [0.2, 0.25) is 0 Å². The normalized spacial score (nSPS) is 17.7. The Hall–Kier alpha value is -0.900. The summed E-state index contributed by atoms with van der Waals surface area (Å²) in [5.41, 5.74) is 4.36. The van der Waals surface area contributed by atoms with Crippen molar-refractivity contribution in [3.05, 3.63) is 46.3 Å². The lowest BCUT2D eigenvalue weighted by Crippen LogP contribution is -2.30. The summed E-state index contributed by atoms with van der Waals surface area (Å²) in [5, 5.41) is 0.526. The number of hydrogen-bond donors (Lipinski definition) is 2. The molecule has 0 fully saturated rings. The molecule has 17 heavy (non-hydrogen) atoms. The topological polar surface area (TPSA) is 38.0 Å². The van der Waals surface area contributed by atoms with E-state index in [-0.39, 0.29) is 11.9 Å². The first-order chi connectivity index (χ1) is 8.22. The molecule has 1 aromatic rings. The van der Waals surface area contributed by atoms with Gasteiger partial charge in [0.15, 0.2) is 0 Å². The van der Waals surface area contributed by atoms with Crippen molar-refractivity contribution in [1.82, 2.24) is 5.43 Å². The van der Waals surface area contributed by atoms with Gasteiger partial charge in [0.25, 0.3) is 0 Å². The van der Waals surface area contributed by atoms with Crippen LogP contribution in [-0.2, 0) is 0 Å². The standard InChI is InChI=1S/C13H16ClFN2/c14-10-6-7-12(15)11(8-10)13(17-16)9-4-2-1-3-5-9/h4,6-8,13,17H,1-3,5,16H2. The molecule has 1 aliphatic rings. The van der Waals surface area contributed by atoms with Crippen molar-refractivity contribution >= 4 is 11.6 Å². The van der Waals surface area contributed by atoms with Gasteiger partial charge in [-0.15, -0.1) is 0 Å².